The number of aromatic nitrogens is 2. The fourth-order valence-corrected chi connectivity index (χ4v) is 2.37. The molecule has 1 heterocycles. The van der Waals surface area contributed by atoms with Crippen molar-refractivity contribution >= 4 is 11.0 Å². The molecule has 4 heteroatoms. The van der Waals surface area contributed by atoms with Crippen LogP contribution >= 0.6 is 0 Å². The molecule has 1 aromatic heterocycles. The molecule has 3 nitrogen and oxygen atoms in total. The summed E-state index contributed by atoms with van der Waals surface area (Å²) in [6, 6.07) is 5.53. The molecule has 0 atom stereocenters. The molecule has 0 radical (unpaired) electrons. The predicted molar refractivity (Wildman–Crippen MR) is 70.1 cm³/mol. The zero-order chi connectivity index (χ0) is 12.5. The maximum atomic E-state index is 13.3. The van der Waals surface area contributed by atoms with Gasteiger partial charge in [0.15, 0.2) is 0 Å². The molecule has 3 rings (SSSR count). The summed E-state index contributed by atoms with van der Waals surface area (Å²) in [6.45, 7) is 3.86. The first-order valence-corrected chi connectivity index (χ1v) is 6.66. The molecule has 0 unspecified atom stereocenters. The van der Waals surface area contributed by atoms with Gasteiger partial charge in [-0.15, -0.1) is 0 Å². The quantitative estimate of drug-likeness (QED) is 0.879. The Hall–Kier alpha value is -1.42. The molecule has 1 aliphatic rings. The number of nitrogens with one attached hydrogen (secondary N) is 1. The van der Waals surface area contributed by atoms with Crippen LogP contribution in [0, 0.1) is 5.82 Å². The smallest absolute Gasteiger partial charge is 0.125 e. The van der Waals surface area contributed by atoms with Crippen molar-refractivity contribution in [1.82, 2.24) is 14.9 Å². The lowest BCUT2D eigenvalue weighted by atomic mass is 10.3. The number of hydrogen-bond acceptors (Lipinski definition) is 2. The summed E-state index contributed by atoms with van der Waals surface area (Å²) in [5.74, 6) is 0.853. The second-order valence-corrected chi connectivity index (χ2v) is 4.88. The molecule has 96 valence electrons. The van der Waals surface area contributed by atoms with E-state index >= 15 is 0 Å². The number of imidazole rings is 1. The predicted octanol–water partition coefficient (Wildman–Crippen LogP) is 2.49. The van der Waals surface area contributed by atoms with Crippen LogP contribution in [0.5, 0.6) is 0 Å². The third-order valence-corrected chi connectivity index (χ3v) is 3.46. The van der Waals surface area contributed by atoms with Gasteiger partial charge in [0.25, 0.3) is 0 Å². The summed E-state index contributed by atoms with van der Waals surface area (Å²) in [4.78, 5) is 4.60. The van der Waals surface area contributed by atoms with Gasteiger partial charge in [-0.2, -0.15) is 0 Å². The van der Waals surface area contributed by atoms with E-state index in [1.54, 1.807) is 12.1 Å². The van der Waals surface area contributed by atoms with E-state index in [-0.39, 0.29) is 5.82 Å². The van der Waals surface area contributed by atoms with Crippen molar-refractivity contribution in [2.45, 2.75) is 38.8 Å². The summed E-state index contributed by atoms with van der Waals surface area (Å²) < 4.78 is 15.4. The van der Waals surface area contributed by atoms with Gasteiger partial charge in [0.05, 0.1) is 11.0 Å². The van der Waals surface area contributed by atoms with E-state index < -0.39 is 0 Å². The third-order valence-electron chi connectivity index (χ3n) is 3.46. The number of rotatable bonds is 5. The number of hydrogen-bond donors (Lipinski definition) is 1. The average Bonchev–Trinajstić information content (AvgIpc) is 3.10. The first-order valence-electron chi connectivity index (χ1n) is 6.66. The monoisotopic (exact) mass is 247 g/mol. The van der Waals surface area contributed by atoms with Crippen LogP contribution < -0.4 is 5.32 Å². The molecular weight excluding hydrogens is 229 g/mol. The van der Waals surface area contributed by atoms with Gasteiger partial charge in [-0.05, 0) is 38.0 Å². The van der Waals surface area contributed by atoms with Crippen molar-refractivity contribution in [3.8, 4) is 0 Å². The van der Waals surface area contributed by atoms with Crippen LogP contribution in [0.4, 0.5) is 4.39 Å². The van der Waals surface area contributed by atoms with E-state index in [0.29, 0.717) is 0 Å². The lowest BCUT2D eigenvalue weighted by molar-refractivity contribution is 0.624. The Labute approximate surface area is 106 Å². The fraction of sp³-hybridized carbons (Fsp3) is 0.500. The molecule has 1 aromatic carbocycles. The molecule has 1 aliphatic carbocycles. The molecule has 0 bridgehead atoms. The third kappa shape index (κ3) is 2.25. The van der Waals surface area contributed by atoms with E-state index in [2.05, 4.69) is 21.8 Å². The highest BCUT2D eigenvalue weighted by atomic mass is 19.1. The maximum absolute atomic E-state index is 13.3. The van der Waals surface area contributed by atoms with Crippen molar-refractivity contribution in [2.24, 2.45) is 0 Å². The molecule has 1 N–H and O–H groups in total. The summed E-state index contributed by atoms with van der Waals surface area (Å²) in [5, 5.41) is 3.48. The first kappa shape index (κ1) is 11.7. The Morgan fingerprint density at radius 3 is 3.00 bits per heavy atom. The van der Waals surface area contributed by atoms with E-state index in [1.165, 1.54) is 18.9 Å². The average molecular weight is 247 g/mol. The highest BCUT2D eigenvalue weighted by molar-refractivity contribution is 5.76. The summed E-state index contributed by atoms with van der Waals surface area (Å²) in [7, 11) is 0. The van der Waals surface area contributed by atoms with Gasteiger partial charge in [0.2, 0.25) is 0 Å². The van der Waals surface area contributed by atoms with Gasteiger partial charge < -0.3 is 9.88 Å². The van der Waals surface area contributed by atoms with E-state index in [0.717, 1.165) is 42.4 Å². The zero-order valence-corrected chi connectivity index (χ0v) is 10.6. The summed E-state index contributed by atoms with van der Waals surface area (Å²) in [6.07, 6.45) is 3.51. The highest BCUT2D eigenvalue weighted by Crippen LogP contribution is 2.20. The molecule has 0 amide bonds. The van der Waals surface area contributed by atoms with Gasteiger partial charge in [0, 0.05) is 25.6 Å². The standard InChI is InChI=1S/C14H18FN3/c1-2-18-13-9-10(15)3-6-12(13)17-14(18)7-8-16-11-4-5-11/h3,6,9,11,16H,2,4-5,7-8H2,1H3. The Morgan fingerprint density at radius 1 is 1.44 bits per heavy atom. The second-order valence-electron chi connectivity index (χ2n) is 4.88. The van der Waals surface area contributed by atoms with Crippen LogP contribution in [-0.4, -0.2) is 22.1 Å². The Kier molecular flexibility index (Phi) is 3.04. The Morgan fingerprint density at radius 2 is 2.28 bits per heavy atom. The molecular formula is C14H18FN3. The van der Waals surface area contributed by atoms with Crippen molar-refractivity contribution < 1.29 is 4.39 Å². The lowest BCUT2D eigenvalue weighted by Crippen LogP contribution is -2.20. The van der Waals surface area contributed by atoms with Crippen molar-refractivity contribution in [3.63, 3.8) is 0 Å². The van der Waals surface area contributed by atoms with Gasteiger partial charge in [0.1, 0.15) is 11.6 Å². The van der Waals surface area contributed by atoms with E-state index in [9.17, 15) is 4.39 Å². The van der Waals surface area contributed by atoms with Crippen LogP contribution in [0.3, 0.4) is 0 Å². The van der Waals surface area contributed by atoms with Crippen LogP contribution in [0.25, 0.3) is 11.0 Å². The fourth-order valence-electron chi connectivity index (χ4n) is 2.37. The van der Waals surface area contributed by atoms with Gasteiger partial charge in [-0.1, -0.05) is 0 Å². The molecule has 0 aliphatic heterocycles. The van der Waals surface area contributed by atoms with Crippen LogP contribution in [-0.2, 0) is 13.0 Å². The number of nitrogens with zero attached hydrogens (tertiary/aromatic N) is 2. The van der Waals surface area contributed by atoms with Gasteiger partial charge in [-0.3, -0.25) is 0 Å². The first-order chi connectivity index (χ1) is 8.78. The SMILES string of the molecule is CCn1c(CCNC2CC2)nc2ccc(F)cc21. The molecule has 0 saturated heterocycles. The molecule has 1 saturated carbocycles. The van der Waals surface area contributed by atoms with Crippen LogP contribution in [0.1, 0.15) is 25.6 Å². The van der Waals surface area contributed by atoms with Gasteiger partial charge >= 0.3 is 0 Å². The summed E-state index contributed by atoms with van der Waals surface area (Å²) in [5.41, 5.74) is 1.79. The van der Waals surface area contributed by atoms with Crippen molar-refractivity contribution in [1.29, 1.82) is 0 Å². The molecule has 1 fully saturated rings. The van der Waals surface area contributed by atoms with Gasteiger partial charge in [-0.25, -0.2) is 9.37 Å². The number of halogens is 1. The minimum Gasteiger partial charge on any atom is -0.328 e. The maximum Gasteiger partial charge on any atom is 0.125 e. The molecule has 18 heavy (non-hydrogen) atoms. The lowest BCUT2D eigenvalue weighted by Gasteiger charge is -2.06. The largest absolute Gasteiger partial charge is 0.328 e. The number of fused-ring (bicyclic) bond motifs is 1. The van der Waals surface area contributed by atoms with Crippen molar-refractivity contribution in [2.75, 3.05) is 6.54 Å². The van der Waals surface area contributed by atoms with E-state index in [1.807, 2.05) is 0 Å². The minimum atomic E-state index is -0.195. The minimum absolute atomic E-state index is 0.195. The molecule has 2 aromatic rings. The summed E-state index contributed by atoms with van der Waals surface area (Å²) >= 11 is 0. The van der Waals surface area contributed by atoms with Crippen LogP contribution in [0.2, 0.25) is 0 Å². The number of benzene rings is 1. The molecule has 0 spiro atoms. The normalized spacial score (nSPS) is 15.4. The van der Waals surface area contributed by atoms with E-state index in [4.69, 9.17) is 0 Å². The van der Waals surface area contributed by atoms with Crippen LogP contribution in [0.15, 0.2) is 18.2 Å². The Balaban J connectivity index is 1.84. The van der Waals surface area contributed by atoms with Crippen molar-refractivity contribution in [3.05, 3.63) is 29.8 Å². The second kappa shape index (κ2) is 4.69. The topological polar surface area (TPSA) is 29.9 Å². The zero-order valence-electron chi connectivity index (χ0n) is 10.6. The Bertz CT molecular complexity index is 557. The number of aryl methyl sites for hydroxylation is 1. The highest BCUT2D eigenvalue weighted by Gasteiger charge is 2.20.